The molecule has 0 spiro atoms. The minimum atomic E-state index is -5.22. The fraction of sp³-hybridized carbons (Fsp3) is 0.484. The average molecular weight is 729 g/mol. The molecule has 270 valence electrons. The third-order valence-electron chi connectivity index (χ3n) is 8.56. The highest BCUT2D eigenvalue weighted by molar-refractivity contribution is 7.89. The molecule has 1 aromatic carbocycles. The number of sulfonamides is 1. The summed E-state index contributed by atoms with van der Waals surface area (Å²) in [6.45, 7) is 5.54. The van der Waals surface area contributed by atoms with E-state index in [1.165, 1.54) is 23.0 Å². The lowest BCUT2D eigenvalue weighted by Gasteiger charge is -2.35. The normalized spacial score (nSPS) is 21.8. The van der Waals surface area contributed by atoms with Gasteiger partial charge in [-0.1, -0.05) is 0 Å². The molecule has 0 radical (unpaired) electrons. The molecule has 50 heavy (non-hydrogen) atoms. The van der Waals surface area contributed by atoms with Gasteiger partial charge in [-0.2, -0.15) is 18.3 Å². The van der Waals surface area contributed by atoms with Crippen LogP contribution in [0.1, 0.15) is 77.1 Å². The van der Waals surface area contributed by atoms with Gasteiger partial charge in [-0.3, -0.25) is 14.9 Å². The van der Waals surface area contributed by atoms with E-state index in [1.54, 1.807) is 20.8 Å². The molecule has 19 heteroatoms. The van der Waals surface area contributed by atoms with Gasteiger partial charge in [0, 0.05) is 37.0 Å². The van der Waals surface area contributed by atoms with E-state index in [2.05, 4.69) is 15.4 Å². The van der Waals surface area contributed by atoms with Gasteiger partial charge in [0.25, 0.3) is 21.6 Å². The summed E-state index contributed by atoms with van der Waals surface area (Å²) in [5.41, 5.74) is -4.60. The van der Waals surface area contributed by atoms with Crippen LogP contribution in [0.3, 0.4) is 0 Å². The molecule has 2 fully saturated rings. The highest BCUT2D eigenvalue weighted by atomic mass is 32.2. The zero-order valence-corrected chi connectivity index (χ0v) is 28.0. The maximum absolute atomic E-state index is 14.5. The lowest BCUT2D eigenvalue weighted by molar-refractivity contribution is -0.384. The molecule has 1 aliphatic heterocycles. The van der Waals surface area contributed by atoms with Crippen LogP contribution in [0.15, 0.2) is 53.2 Å². The molecule has 2 aromatic heterocycles. The van der Waals surface area contributed by atoms with Crippen molar-refractivity contribution in [3.8, 4) is 0 Å². The molecule has 1 saturated carbocycles. The van der Waals surface area contributed by atoms with Crippen LogP contribution < -0.4 is 5.32 Å². The zero-order chi connectivity index (χ0) is 37.0. The largest absolute Gasteiger partial charge is 0.444 e. The van der Waals surface area contributed by atoms with E-state index in [0.717, 1.165) is 30.3 Å². The van der Waals surface area contributed by atoms with Crippen LogP contribution >= 0.6 is 0 Å². The molecule has 2 atom stereocenters. The van der Waals surface area contributed by atoms with Gasteiger partial charge in [0.2, 0.25) is 5.92 Å². The predicted molar refractivity (Wildman–Crippen MR) is 166 cm³/mol. The molecule has 5 rings (SSSR count). The number of carbonyl (C=O) groups excluding carboxylic acids is 2. The van der Waals surface area contributed by atoms with Crippen molar-refractivity contribution in [2.45, 2.75) is 94.0 Å². The molecular formula is C31H33F5N6O7S. The van der Waals surface area contributed by atoms with Gasteiger partial charge in [0.05, 0.1) is 33.9 Å². The SMILES string of the molecule is CC(C)(C)OC(=O)N[C@H](c1cn2ncc(/C=C3\C[C@@](C)(C(F)(F)F)N(S(=O)(=O)c4ccc([N+](=O)[O-])cc4)C3=O)cc2n1)C1CCC(F)(F)CC1. The number of rotatable bonds is 7. The Hall–Kier alpha value is -4.68. The van der Waals surface area contributed by atoms with Crippen molar-refractivity contribution in [3.63, 3.8) is 0 Å². The second-order valence-electron chi connectivity index (χ2n) is 13.5. The van der Waals surface area contributed by atoms with Gasteiger partial charge < -0.3 is 10.1 Å². The van der Waals surface area contributed by atoms with Crippen LogP contribution in [0.2, 0.25) is 0 Å². The second-order valence-corrected chi connectivity index (χ2v) is 15.3. The molecular weight excluding hydrogens is 695 g/mol. The number of alkyl carbamates (subject to hydrolysis) is 1. The predicted octanol–water partition coefficient (Wildman–Crippen LogP) is 6.35. The third-order valence-corrected chi connectivity index (χ3v) is 10.5. The number of non-ortho nitro benzene ring substituents is 1. The number of nitro groups is 1. The zero-order valence-electron chi connectivity index (χ0n) is 27.2. The minimum Gasteiger partial charge on any atom is -0.444 e. The first-order valence-corrected chi connectivity index (χ1v) is 16.8. The number of imidazole rings is 1. The number of halogens is 5. The smallest absolute Gasteiger partial charge is 0.412 e. The number of alkyl halides is 5. The van der Waals surface area contributed by atoms with E-state index in [1.807, 2.05) is 0 Å². The molecule has 3 heterocycles. The molecule has 1 saturated heterocycles. The number of amides is 2. The summed E-state index contributed by atoms with van der Waals surface area (Å²) in [6.07, 6.45) is -3.99. The van der Waals surface area contributed by atoms with E-state index in [0.29, 0.717) is 6.92 Å². The van der Waals surface area contributed by atoms with Crippen LogP contribution in [0.25, 0.3) is 11.7 Å². The minimum absolute atomic E-state index is 0.0749. The summed E-state index contributed by atoms with van der Waals surface area (Å²) in [5, 5.41) is 17.9. The van der Waals surface area contributed by atoms with Crippen LogP contribution in [-0.2, 0) is 19.6 Å². The number of hydrogen-bond donors (Lipinski definition) is 1. The van der Waals surface area contributed by atoms with Crippen LogP contribution in [0, 0.1) is 16.0 Å². The quantitative estimate of drug-likeness (QED) is 0.126. The summed E-state index contributed by atoms with van der Waals surface area (Å²) < 4.78 is 105. The standard InChI is InChI=1S/C31H33F5N6O7S/c1-28(2,3)49-27(44)39-25(19-9-11-30(32,33)12-10-19)23-17-40-24(38-23)14-18(16-37-40)13-20-15-29(4,31(34,35)36)41(26(20)43)50(47,48)22-7-5-21(6-8-22)42(45)46/h5-8,13-14,16-17,19,25H,9-12,15H2,1-4H3,(H,39,44)/b20-13+/t25-,29-/m0/s1. The summed E-state index contributed by atoms with van der Waals surface area (Å²) in [4.78, 5) is 40.1. The molecule has 1 aliphatic carbocycles. The number of hydrogen-bond acceptors (Lipinski definition) is 9. The summed E-state index contributed by atoms with van der Waals surface area (Å²) in [6, 6.07) is 3.60. The van der Waals surface area contributed by atoms with Crippen molar-refractivity contribution in [1.29, 1.82) is 0 Å². The van der Waals surface area contributed by atoms with E-state index < -0.39 is 97.6 Å². The number of carbonyl (C=O) groups is 2. The van der Waals surface area contributed by atoms with Crippen molar-refractivity contribution < 1.29 is 49.6 Å². The Morgan fingerprint density at radius 1 is 1.16 bits per heavy atom. The van der Waals surface area contributed by atoms with Crippen molar-refractivity contribution in [2.24, 2.45) is 5.92 Å². The van der Waals surface area contributed by atoms with E-state index in [-0.39, 0.29) is 34.1 Å². The van der Waals surface area contributed by atoms with Gasteiger partial charge in [-0.05, 0) is 76.3 Å². The van der Waals surface area contributed by atoms with Gasteiger partial charge in [0.1, 0.15) is 5.60 Å². The average Bonchev–Trinajstić information content (AvgIpc) is 3.53. The fourth-order valence-electron chi connectivity index (χ4n) is 6.02. The van der Waals surface area contributed by atoms with E-state index >= 15 is 0 Å². The van der Waals surface area contributed by atoms with E-state index in [9.17, 15) is 50.1 Å². The highest BCUT2D eigenvalue weighted by Gasteiger charge is 2.65. The summed E-state index contributed by atoms with van der Waals surface area (Å²) in [5.74, 6) is -4.73. The van der Waals surface area contributed by atoms with Crippen molar-refractivity contribution in [2.75, 3.05) is 0 Å². The Bertz CT molecular complexity index is 1970. The first kappa shape index (κ1) is 36.6. The monoisotopic (exact) mass is 728 g/mol. The summed E-state index contributed by atoms with van der Waals surface area (Å²) in [7, 11) is -5.15. The Morgan fingerprint density at radius 3 is 2.34 bits per heavy atom. The van der Waals surface area contributed by atoms with Gasteiger partial charge in [-0.15, -0.1) is 0 Å². The molecule has 3 aromatic rings. The number of nitro benzene ring substituents is 1. The van der Waals surface area contributed by atoms with Gasteiger partial charge in [0.15, 0.2) is 11.2 Å². The lowest BCUT2D eigenvalue weighted by Crippen LogP contribution is -2.56. The highest BCUT2D eigenvalue weighted by Crippen LogP contribution is 2.48. The van der Waals surface area contributed by atoms with Crippen molar-refractivity contribution >= 4 is 39.4 Å². The maximum Gasteiger partial charge on any atom is 0.412 e. The first-order chi connectivity index (χ1) is 23.0. The molecule has 2 aliphatic rings. The molecule has 2 amide bonds. The van der Waals surface area contributed by atoms with Gasteiger partial charge in [-0.25, -0.2) is 35.8 Å². The number of benzene rings is 1. The number of ether oxygens (including phenoxy) is 1. The van der Waals surface area contributed by atoms with Gasteiger partial charge >= 0.3 is 12.3 Å². The number of nitrogens with zero attached hydrogens (tertiary/aromatic N) is 5. The Balaban J connectivity index is 1.49. The number of nitrogens with one attached hydrogen (secondary N) is 1. The number of fused-ring (bicyclic) bond motifs is 1. The fourth-order valence-corrected chi connectivity index (χ4v) is 7.75. The molecule has 0 unspecified atom stereocenters. The molecule has 0 bridgehead atoms. The number of aromatic nitrogens is 3. The van der Waals surface area contributed by atoms with Crippen molar-refractivity contribution in [1.82, 2.24) is 24.2 Å². The Morgan fingerprint density at radius 2 is 1.78 bits per heavy atom. The Labute approximate surface area is 282 Å². The second kappa shape index (κ2) is 12.6. The van der Waals surface area contributed by atoms with Crippen molar-refractivity contribution in [3.05, 3.63) is 69.7 Å². The van der Waals surface area contributed by atoms with Crippen LogP contribution in [-0.4, -0.2) is 67.5 Å². The third kappa shape index (κ3) is 7.27. The Kier molecular flexibility index (Phi) is 9.21. The lowest BCUT2D eigenvalue weighted by atomic mass is 9.81. The topological polar surface area (TPSA) is 166 Å². The maximum atomic E-state index is 14.5. The van der Waals surface area contributed by atoms with Crippen LogP contribution in [0.4, 0.5) is 32.4 Å². The summed E-state index contributed by atoms with van der Waals surface area (Å²) >= 11 is 0. The van der Waals surface area contributed by atoms with E-state index in [4.69, 9.17) is 4.74 Å². The molecule has 1 N–H and O–H groups in total. The van der Waals surface area contributed by atoms with Crippen LogP contribution in [0.5, 0.6) is 0 Å². The first-order valence-electron chi connectivity index (χ1n) is 15.3. The molecule has 13 nitrogen and oxygen atoms in total.